The molecular formula is C12H16O5. The molecule has 0 radical (unpaired) electrons. The Hall–Kier alpha value is -1.30. The van der Waals surface area contributed by atoms with E-state index >= 15 is 0 Å². The molecule has 1 aliphatic rings. The van der Waals surface area contributed by atoms with Crippen molar-refractivity contribution < 1.29 is 24.1 Å². The highest BCUT2D eigenvalue weighted by Crippen LogP contribution is 2.33. The number of methoxy groups -OCH3 is 2. The summed E-state index contributed by atoms with van der Waals surface area (Å²) in [6, 6.07) is 5.46. The highest BCUT2D eigenvalue weighted by molar-refractivity contribution is 5.43. The Kier molecular flexibility index (Phi) is 3.83. The monoisotopic (exact) mass is 240 g/mol. The first-order valence-electron chi connectivity index (χ1n) is 5.38. The van der Waals surface area contributed by atoms with Gasteiger partial charge in [0.1, 0.15) is 6.10 Å². The van der Waals surface area contributed by atoms with Gasteiger partial charge in [-0.05, 0) is 12.1 Å². The maximum atomic E-state index is 8.96. The minimum atomic E-state index is -0.452. The summed E-state index contributed by atoms with van der Waals surface area (Å²) < 4.78 is 21.3. The number of benzene rings is 1. The predicted octanol–water partition coefficient (Wildman–Crippen LogP) is 1.11. The van der Waals surface area contributed by atoms with E-state index < -0.39 is 6.29 Å². The topological polar surface area (TPSA) is 57.2 Å². The summed E-state index contributed by atoms with van der Waals surface area (Å²) in [6.07, 6.45) is -0.708. The summed E-state index contributed by atoms with van der Waals surface area (Å²) in [5.41, 5.74) is 0.846. The summed E-state index contributed by atoms with van der Waals surface area (Å²) in [7, 11) is 3.16. The Balaban J connectivity index is 2.16. The average Bonchev–Trinajstić information content (AvgIpc) is 2.86. The van der Waals surface area contributed by atoms with E-state index in [1.54, 1.807) is 20.3 Å². The third-order valence-corrected chi connectivity index (χ3v) is 2.63. The highest BCUT2D eigenvalue weighted by Gasteiger charge is 2.27. The largest absolute Gasteiger partial charge is 0.493 e. The molecule has 0 bridgehead atoms. The zero-order valence-corrected chi connectivity index (χ0v) is 9.88. The van der Waals surface area contributed by atoms with Crippen LogP contribution >= 0.6 is 0 Å². The first-order chi connectivity index (χ1) is 8.28. The van der Waals surface area contributed by atoms with Gasteiger partial charge in [-0.25, -0.2) is 0 Å². The number of ether oxygens (including phenoxy) is 4. The fourth-order valence-corrected chi connectivity index (χ4v) is 1.72. The van der Waals surface area contributed by atoms with Crippen molar-refractivity contribution in [1.29, 1.82) is 0 Å². The fourth-order valence-electron chi connectivity index (χ4n) is 1.72. The van der Waals surface area contributed by atoms with Crippen LogP contribution < -0.4 is 9.47 Å². The van der Waals surface area contributed by atoms with Crippen LogP contribution in [0.5, 0.6) is 11.5 Å². The Labute approximate surface area is 99.9 Å². The summed E-state index contributed by atoms with van der Waals surface area (Å²) >= 11 is 0. The second-order valence-corrected chi connectivity index (χ2v) is 3.72. The van der Waals surface area contributed by atoms with E-state index in [0.717, 1.165) is 5.56 Å². The molecule has 2 unspecified atom stereocenters. The molecule has 1 aliphatic heterocycles. The SMILES string of the molecule is COc1ccc(C2OCC(CO)O2)cc1OC. The summed E-state index contributed by atoms with van der Waals surface area (Å²) in [5, 5.41) is 8.96. The normalized spacial score (nSPS) is 23.7. The number of hydrogen-bond acceptors (Lipinski definition) is 5. The standard InChI is InChI=1S/C12H16O5/c1-14-10-4-3-8(5-11(10)15-2)12-16-7-9(6-13)17-12/h3-5,9,12-13H,6-7H2,1-2H3. The van der Waals surface area contributed by atoms with Gasteiger partial charge in [0.25, 0.3) is 0 Å². The van der Waals surface area contributed by atoms with Gasteiger partial charge in [0.2, 0.25) is 0 Å². The summed E-state index contributed by atoms with van der Waals surface area (Å²) in [4.78, 5) is 0. The molecule has 1 fully saturated rings. The Morgan fingerprint density at radius 2 is 2.06 bits per heavy atom. The smallest absolute Gasteiger partial charge is 0.184 e. The second-order valence-electron chi connectivity index (χ2n) is 3.72. The first-order valence-corrected chi connectivity index (χ1v) is 5.38. The molecule has 0 spiro atoms. The van der Waals surface area contributed by atoms with E-state index in [4.69, 9.17) is 24.1 Å². The molecule has 1 aromatic rings. The van der Waals surface area contributed by atoms with E-state index in [-0.39, 0.29) is 12.7 Å². The molecule has 1 N–H and O–H groups in total. The van der Waals surface area contributed by atoms with Crippen molar-refractivity contribution in [2.45, 2.75) is 12.4 Å². The van der Waals surface area contributed by atoms with Crippen LogP contribution in [0.25, 0.3) is 0 Å². The Morgan fingerprint density at radius 3 is 2.65 bits per heavy atom. The van der Waals surface area contributed by atoms with Crippen LogP contribution in [0.1, 0.15) is 11.9 Å². The third-order valence-electron chi connectivity index (χ3n) is 2.63. The zero-order chi connectivity index (χ0) is 12.3. The molecule has 0 amide bonds. The third kappa shape index (κ3) is 2.52. The minimum absolute atomic E-state index is 0.0379. The maximum absolute atomic E-state index is 8.96. The van der Waals surface area contributed by atoms with Crippen LogP contribution in [0.15, 0.2) is 18.2 Å². The van der Waals surface area contributed by atoms with Gasteiger partial charge >= 0.3 is 0 Å². The van der Waals surface area contributed by atoms with Gasteiger partial charge in [0.05, 0.1) is 27.4 Å². The molecule has 2 atom stereocenters. The van der Waals surface area contributed by atoms with E-state index in [9.17, 15) is 0 Å². The molecule has 0 aromatic heterocycles. The van der Waals surface area contributed by atoms with Crippen molar-refractivity contribution in [3.63, 3.8) is 0 Å². The van der Waals surface area contributed by atoms with Gasteiger partial charge < -0.3 is 24.1 Å². The number of aliphatic hydroxyl groups is 1. The van der Waals surface area contributed by atoms with Crippen molar-refractivity contribution in [1.82, 2.24) is 0 Å². The van der Waals surface area contributed by atoms with Crippen molar-refractivity contribution in [3.05, 3.63) is 23.8 Å². The quantitative estimate of drug-likeness (QED) is 0.854. The summed E-state index contributed by atoms with van der Waals surface area (Å²) in [5.74, 6) is 1.29. The lowest BCUT2D eigenvalue weighted by molar-refractivity contribution is -0.0676. The van der Waals surface area contributed by atoms with Crippen LogP contribution in [0.3, 0.4) is 0 Å². The minimum Gasteiger partial charge on any atom is -0.493 e. The van der Waals surface area contributed by atoms with Crippen LogP contribution in [-0.2, 0) is 9.47 Å². The molecule has 1 heterocycles. The molecule has 94 valence electrons. The highest BCUT2D eigenvalue weighted by atomic mass is 16.7. The molecule has 17 heavy (non-hydrogen) atoms. The van der Waals surface area contributed by atoms with Gasteiger partial charge in [-0.2, -0.15) is 0 Å². The van der Waals surface area contributed by atoms with E-state index in [1.165, 1.54) is 0 Å². The van der Waals surface area contributed by atoms with Crippen LogP contribution in [-0.4, -0.2) is 38.6 Å². The first kappa shape index (κ1) is 12.2. The molecule has 5 nitrogen and oxygen atoms in total. The maximum Gasteiger partial charge on any atom is 0.184 e. The van der Waals surface area contributed by atoms with Crippen molar-refractivity contribution >= 4 is 0 Å². The second kappa shape index (κ2) is 5.35. The lowest BCUT2D eigenvalue weighted by atomic mass is 10.2. The predicted molar refractivity (Wildman–Crippen MR) is 60.2 cm³/mol. The molecule has 5 heteroatoms. The fraction of sp³-hybridized carbons (Fsp3) is 0.500. The van der Waals surface area contributed by atoms with Crippen LogP contribution in [0.4, 0.5) is 0 Å². The molecule has 1 aromatic carbocycles. The number of aliphatic hydroxyl groups excluding tert-OH is 1. The molecule has 0 saturated carbocycles. The van der Waals surface area contributed by atoms with Crippen LogP contribution in [0.2, 0.25) is 0 Å². The number of hydrogen-bond donors (Lipinski definition) is 1. The van der Waals surface area contributed by atoms with Gasteiger partial charge in [-0.1, -0.05) is 6.07 Å². The van der Waals surface area contributed by atoms with Gasteiger partial charge in [0.15, 0.2) is 17.8 Å². The van der Waals surface area contributed by atoms with Gasteiger partial charge in [-0.15, -0.1) is 0 Å². The van der Waals surface area contributed by atoms with Crippen LogP contribution in [0, 0.1) is 0 Å². The van der Waals surface area contributed by atoms with Crippen molar-refractivity contribution in [2.24, 2.45) is 0 Å². The number of rotatable bonds is 4. The van der Waals surface area contributed by atoms with Gasteiger partial charge in [0, 0.05) is 5.56 Å². The van der Waals surface area contributed by atoms with Gasteiger partial charge in [-0.3, -0.25) is 0 Å². The zero-order valence-electron chi connectivity index (χ0n) is 9.88. The Bertz CT molecular complexity index is 379. The van der Waals surface area contributed by atoms with Crippen molar-refractivity contribution in [3.8, 4) is 11.5 Å². The molecular weight excluding hydrogens is 224 g/mol. The molecule has 1 saturated heterocycles. The van der Waals surface area contributed by atoms with Crippen molar-refractivity contribution in [2.75, 3.05) is 27.4 Å². The molecule has 0 aliphatic carbocycles. The Morgan fingerprint density at radius 1 is 1.29 bits per heavy atom. The molecule has 2 rings (SSSR count). The lowest BCUT2D eigenvalue weighted by Crippen LogP contribution is -2.14. The lowest BCUT2D eigenvalue weighted by Gasteiger charge is -2.13. The van der Waals surface area contributed by atoms with E-state index in [0.29, 0.717) is 18.1 Å². The summed E-state index contributed by atoms with van der Waals surface area (Å²) in [6.45, 7) is 0.360. The average molecular weight is 240 g/mol. The van der Waals surface area contributed by atoms with E-state index in [2.05, 4.69) is 0 Å². The van der Waals surface area contributed by atoms with E-state index in [1.807, 2.05) is 12.1 Å².